The van der Waals surface area contributed by atoms with Gasteiger partial charge in [0.2, 0.25) is 0 Å². The molecule has 0 radical (unpaired) electrons. The van der Waals surface area contributed by atoms with E-state index in [9.17, 15) is 28.1 Å². The van der Waals surface area contributed by atoms with Crippen LogP contribution < -0.4 is 4.90 Å². The number of nitrogens with zero attached hydrogens (tertiary/aromatic N) is 3. The monoisotopic (exact) mass is 457 g/mol. The van der Waals surface area contributed by atoms with Crippen LogP contribution in [0.5, 0.6) is 0 Å². The highest BCUT2D eigenvalue weighted by Gasteiger charge is 2.34. The molecule has 0 saturated carbocycles. The molecule has 28 heavy (non-hydrogen) atoms. The Morgan fingerprint density at radius 2 is 1.71 bits per heavy atom. The van der Waals surface area contributed by atoms with Gasteiger partial charge in [0.25, 0.3) is 11.6 Å². The summed E-state index contributed by atoms with van der Waals surface area (Å²) in [6.45, 7) is 1.17. The number of rotatable bonds is 3. The van der Waals surface area contributed by atoms with E-state index in [0.29, 0.717) is 29.2 Å². The van der Waals surface area contributed by atoms with Crippen molar-refractivity contribution in [3.05, 3.63) is 68.2 Å². The Morgan fingerprint density at radius 1 is 1.07 bits per heavy atom. The SMILES string of the molecule is O=C(c1ccccc1Br)N1CCN(c2ccc(C(F)(F)F)cc2[N+](=O)[O-])CC1. The number of alkyl halides is 3. The third kappa shape index (κ3) is 4.11. The summed E-state index contributed by atoms with van der Waals surface area (Å²) < 4.78 is 39.2. The number of benzene rings is 2. The number of carbonyl (C=O) groups excluding carboxylic acids is 1. The fourth-order valence-electron chi connectivity index (χ4n) is 3.07. The van der Waals surface area contributed by atoms with Crippen LogP contribution in [-0.2, 0) is 6.18 Å². The molecule has 3 rings (SSSR count). The van der Waals surface area contributed by atoms with Gasteiger partial charge in [-0.25, -0.2) is 0 Å². The third-order valence-electron chi connectivity index (χ3n) is 4.51. The van der Waals surface area contributed by atoms with E-state index >= 15 is 0 Å². The Balaban J connectivity index is 1.77. The van der Waals surface area contributed by atoms with Crippen molar-refractivity contribution in [2.45, 2.75) is 6.18 Å². The molecular weight excluding hydrogens is 443 g/mol. The van der Waals surface area contributed by atoms with E-state index in [1.54, 1.807) is 34.1 Å². The molecule has 2 aromatic rings. The molecule has 10 heteroatoms. The number of carbonyl (C=O) groups is 1. The second-order valence-corrected chi connectivity index (χ2v) is 7.07. The lowest BCUT2D eigenvalue weighted by atomic mass is 10.1. The number of nitro groups is 1. The predicted molar refractivity (Wildman–Crippen MR) is 100 cm³/mol. The van der Waals surface area contributed by atoms with Gasteiger partial charge in [-0.15, -0.1) is 0 Å². The zero-order valence-corrected chi connectivity index (χ0v) is 16.0. The van der Waals surface area contributed by atoms with Gasteiger partial charge in [-0.3, -0.25) is 14.9 Å². The minimum absolute atomic E-state index is 0.117. The summed E-state index contributed by atoms with van der Waals surface area (Å²) in [5, 5.41) is 11.3. The van der Waals surface area contributed by atoms with Crippen LogP contribution in [0.2, 0.25) is 0 Å². The third-order valence-corrected chi connectivity index (χ3v) is 5.20. The lowest BCUT2D eigenvalue weighted by Crippen LogP contribution is -2.49. The molecule has 1 amide bonds. The van der Waals surface area contributed by atoms with Crippen molar-refractivity contribution in [3.63, 3.8) is 0 Å². The van der Waals surface area contributed by atoms with Crippen molar-refractivity contribution in [2.75, 3.05) is 31.1 Å². The summed E-state index contributed by atoms with van der Waals surface area (Å²) in [6.07, 6.45) is -4.66. The maximum atomic E-state index is 12.9. The van der Waals surface area contributed by atoms with E-state index in [0.717, 1.165) is 12.1 Å². The van der Waals surface area contributed by atoms with Gasteiger partial charge in [-0.1, -0.05) is 12.1 Å². The predicted octanol–water partition coefficient (Wildman–Crippen LogP) is 4.34. The fourth-order valence-corrected chi connectivity index (χ4v) is 3.52. The molecule has 6 nitrogen and oxygen atoms in total. The molecule has 1 aliphatic heterocycles. The molecule has 0 spiro atoms. The Kier molecular flexibility index (Phi) is 5.59. The Bertz CT molecular complexity index is 912. The van der Waals surface area contributed by atoms with Gasteiger partial charge < -0.3 is 9.80 Å². The standard InChI is InChI=1S/C18H15BrF3N3O3/c19-14-4-2-1-3-13(14)17(26)24-9-7-23(8-10-24)15-6-5-12(18(20,21)22)11-16(15)25(27)28/h1-6,11H,7-10H2. The molecule has 1 aliphatic rings. The minimum atomic E-state index is -4.66. The molecule has 1 saturated heterocycles. The average Bonchev–Trinajstić information content (AvgIpc) is 2.67. The van der Waals surface area contributed by atoms with Gasteiger partial charge in [-0.05, 0) is 40.2 Å². The van der Waals surface area contributed by atoms with E-state index in [-0.39, 0.29) is 24.7 Å². The van der Waals surface area contributed by atoms with Crippen LogP contribution in [-0.4, -0.2) is 41.9 Å². The number of piperazine rings is 1. The van der Waals surface area contributed by atoms with Crippen LogP contribution in [0.25, 0.3) is 0 Å². The molecule has 0 atom stereocenters. The minimum Gasteiger partial charge on any atom is -0.362 e. The molecular formula is C18H15BrF3N3O3. The lowest BCUT2D eigenvalue weighted by Gasteiger charge is -2.36. The van der Waals surface area contributed by atoms with Gasteiger partial charge in [0.15, 0.2) is 0 Å². The molecule has 1 fully saturated rings. The summed E-state index contributed by atoms with van der Waals surface area (Å²) in [5.41, 5.74) is -1.03. The normalized spacial score (nSPS) is 14.9. The second-order valence-electron chi connectivity index (χ2n) is 6.22. The molecule has 0 bridgehead atoms. The number of amides is 1. The first-order valence-corrected chi connectivity index (χ1v) is 9.12. The Hall–Kier alpha value is -2.62. The zero-order valence-electron chi connectivity index (χ0n) is 14.4. The van der Waals surface area contributed by atoms with Crippen LogP contribution in [0.4, 0.5) is 24.5 Å². The van der Waals surface area contributed by atoms with Crippen molar-refractivity contribution in [1.29, 1.82) is 0 Å². The molecule has 2 aromatic carbocycles. The van der Waals surface area contributed by atoms with Crippen molar-refractivity contribution in [3.8, 4) is 0 Å². The first-order valence-electron chi connectivity index (χ1n) is 8.33. The van der Waals surface area contributed by atoms with E-state index in [4.69, 9.17) is 0 Å². The number of hydrogen-bond acceptors (Lipinski definition) is 4. The van der Waals surface area contributed by atoms with Crippen LogP contribution >= 0.6 is 15.9 Å². The summed E-state index contributed by atoms with van der Waals surface area (Å²) in [6, 6.07) is 9.50. The second kappa shape index (κ2) is 7.78. The molecule has 0 aliphatic carbocycles. The molecule has 0 unspecified atom stereocenters. The Morgan fingerprint density at radius 3 is 2.29 bits per heavy atom. The maximum absolute atomic E-state index is 12.9. The highest BCUT2D eigenvalue weighted by molar-refractivity contribution is 9.10. The number of hydrogen-bond donors (Lipinski definition) is 0. The van der Waals surface area contributed by atoms with Crippen LogP contribution in [0, 0.1) is 10.1 Å². The first-order chi connectivity index (χ1) is 13.2. The highest BCUT2D eigenvalue weighted by atomic mass is 79.9. The zero-order chi connectivity index (χ0) is 20.5. The van der Waals surface area contributed by atoms with E-state index in [1.807, 2.05) is 0 Å². The highest BCUT2D eigenvalue weighted by Crippen LogP contribution is 2.36. The summed E-state index contributed by atoms with van der Waals surface area (Å²) in [4.78, 5) is 26.3. The van der Waals surface area contributed by atoms with E-state index < -0.39 is 22.4 Å². The molecule has 0 aromatic heterocycles. The number of halogens is 4. The van der Waals surface area contributed by atoms with Crippen LogP contribution in [0.3, 0.4) is 0 Å². The van der Waals surface area contributed by atoms with Gasteiger partial charge >= 0.3 is 6.18 Å². The van der Waals surface area contributed by atoms with Crippen molar-refractivity contribution >= 4 is 33.2 Å². The van der Waals surface area contributed by atoms with Gasteiger partial charge in [0.1, 0.15) is 5.69 Å². The van der Waals surface area contributed by atoms with Crippen molar-refractivity contribution in [2.24, 2.45) is 0 Å². The Labute approximate surface area is 166 Å². The van der Waals surface area contributed by atoms with Gasteiger partial charge in [-0.2, -0.15) is 13.2 Å². The van der Waals surface area contributed by atoms with Crippen LogP contribution in [0.15, 0.2) is 46.9 Å². The number of anilines is 1. The average molecular weight is 458 g/mol. The number of nitro benzene ring substituents is 1. The molecule has 148 valence electrons. The lowest BCUT2D eigenvalue weighted by molar-refractivity contribution is -0.384. The summed E-state index contributed by atoms with van der Waals surface area (Å²) >= 11 is 3.34. The molecule has 1 heterocycles. The quantitative estimate of drug-likeness (QED) is 0.507. The fraction of sp³-hybridized carbons (Fsp3) is 0.278. The smallest absolute Gasteiger partial charge is 0.362 e. The van der Waals surface area contributed by atoms with Gasteiger partial charge in [0.05, 0.1) is 16.1 Å². The van der Waals surface area contributed by atoms with E-state index in [2.05, 4.69) is 15.9 Å². The topological polar surface area (TPSA) is 66.7 Å². The summed E-state index contributed by atoms with van der Waals surface area (Å²) in [5.74, 6) is -0.172. The largest absolute Gasteiger partial charge is 0.416 e. The van der Waals surface area contributed by atoms with Crippen molar-refractivity contribution < 1.29 is 22.9 Å². The maximum Gasteiger partial charge on any atom is 0.416 e. The first kappa shape index (κ1) is 20.1. The molecule has 0 N–H and O–H groups in total. The van der Waals surface area contributed by atoms with Gasteiger partial charge in [0, 0.05) is 36.7 Å². The van der Waals surface area contributed by atoms with Crippen molar-refractivity contribution in [1.82, 2.24) is 4.90 Å². The van der Waals surface area contributed by atoms with Crippen LogP contribution in [0.1, 0.15) is 15.9 Å². The summed E-state index contributed by atoms with van der Waals surface area (Å²) in [7, 11) is 0. The van der Waals surface area contributed by atoms with E-state index in [1.165, 1.54) is 0 Å².